The summed E-state index contributed by atoms with van der Waals surface area (Å²) < 4.78 is 5.22. The van der Waals surface area contributed by atoms with E-state index < -0.39 is 0 Å². The quantitative estimate of drug-likeness (QED) is 0.892. The minimum atomic E-state index is 0.700. The minimum Gasteiger partial charge on any atom is -0.497 e. The number of anilines is 1. The number of hydrogen-bond donors (Lipinski definition) is 1. The Kier molecular flexibility index (Phi) is 5.34. The number of piperidine rings is 1. The monoisotopic (exact) mass is 282 g/mol. The first-order valence-corrected chi connectivity index (χ1v) is 7.36. The Bertz CT molecular complexity index is 411. The molecule has 0 radical (unpaired) electrons. The minimum absolute atomic E-state index is 0.700. The summed E-state index contributed by atoms with van der Waals surface area (Å²) in [7, 11) is 3.90. The Hall–Kier alpha value is -0.930. The van der Waals surface area contributed by atoms with Crippen LogP contribution in [0, 0.1) is 0 Å². The fraction of sp³-hybridized carbons (Fsp3) is 0.600. The van der Waals surface area contributed by atoms with Crippen molar-refractivity contribution in [1.82, 2.24) is 4.90 Å². The van der Waals surface area contributed by atoms with Crippen LogP contribution in [0.25, 0.3) is 0 Å². The molecule has 0 bridgehead atoms. The zero-order valence-corrected chi connectivity index (χ0v) is 12.5. The van der Waals surface area contributed by atoms with Gasteiger partial charge in [-0.05, 0) is 45.0 Å². The summed E-state index contributed by atoms with van der Waals surface area (Å²) in [6, 6.07) is 6.40. The van der Waals surface area contributed by atoms with E-state index >= 15 is 0 Å². The third-order valence-corrected chi connectivity index (χ3v) is 4.22. The highest BCUT2D eigenvalue weighted by Gasteiger charge is 2.18. The van der Waals surface area contributed by atoms with Gasteiger partial charge in [0.25, 0.3) is 0 Å². The number of methoxy groups -OCH3 is 1. The lowest BCUT2D eigenvalue weighted by atomic mass is 10.0. The van der Waals surface area contributed by atoms with Gasteiger partial charge in [0, 0.05) is 18.7 Å². The van der Waals surface area contributed by atoms with Crippen LogP contribution in [0.15, 0.2) is 18.2 Å². The van der Waals surface area contributed by atoms with Crippen LogP contribution in [0.4, 0.5) is 5.69 Å². The molecule has 1 fully saturated rings. The Balaban J connectivity index is 1.84. The molecule has 0 amide bonds. The summed E-state index contributed by atoms with van der Waals surface area (Å²) in [4.78, 5) is 2.47. The second-order valence-corrected chi connectivity index (χ2v) is 5.60. The van der Waals surface area contributed by atoms with Gasteiger partial charge in [-0.2, -0.15) is 0 Å². The highest BCUT2D eigenvalue weighted by Crippen LogP contribution is 2.27. The molecule has 1 aliphatic heterocycles. The van der Waals surface area contributed by atoms with Gasteiger partial charge in [0.15, 0.2) is 0 Å². The normalized spacial score (nSPS) is 20.3. The van der Waals surface area contributed by atoms with Crippen molar-refractivity contribution in [3.63, 3.8) is 0 Å². The van der Waals surface area contributed by atoms with Gasteiger partial charge >= 0.3 is 0 Å². The number of nitrogens with zero attached hydrogens (tertiary/aromatic N) is 1. The summed E-state index contributed by atoms with van der Waals surface area (Å²) in [5.74, 6) is 0.835. The molecule has 2 rings (SSSR count). The Labute approximate surface area is 120 Å². The van der Waals surface area contributed by atoms with Crippen LogP contribution >= 0.6 is 11.6 Å². The number of nitrogens with one attached hydrogen (secondary N) is 1. The van der Waals surface area contributed by atoms with Crippen LogP contribution in [0.2, 0.25) is 5.02 Å². The van der Waals surface area contributed by atoms with Gasteiger partial charge < -0.3 is 15.0 Å². The Morgan fingerprint density at radius 2 is 2.26 bits per heavy atom. The topological polar surface area (TPSA) is 24.5 Å². The summed E-state index contributed by atoms with van der Waals surface area (Å²) >= 11 is 6.17. The van der Waals surface area contributed by atoms with E-state index in [1.165, 1.54) is 25.8 Å². The van der Waals surface area contributed by atoms with Crippen molar-refractivity contribution < 1.29 is 4.74 Å². The largest absolute Gasteiger partial charge is 0.497 e. The Morgan fingerprint density at radius 3 is 3.00 bits per heavy atom. The predicted octanol–water partition coefficient (Wildman–Crippen LogP) is 3.63. The summed E-state index contributed by atoms with van der Waals surface area (Å²) in [6.45, 7) is 2.17. The lowest BCUT2D eigenvalue weighted by Crippen LogP contribution is -2.37. The predicted molar refractivity (Wildman–Crippen MR) is 81.4 cm³/mol. The lowest BCUT2D eigenvalue weighted by molar-refractivity contribution is 0.179. The maximum atomic E-state index is 6.17. The van der Waals surface area contributed by atoms with E-state index in [4.69, 9.17) is 16.3 Å². The van der Waals surface area contributed by atoms with Crippen molar-refractivity contribution >= 4 is 17.3 Å². The van der Waals surface area contributed by atoms with Crippen molar-refractivity contribution in [2.45, 2.75) is 31.7 Å². The highest BCUT2D eigenvalue weighted by molar-refractivity contribution is 6.33. The second kappa shape index (κ2) is 7.01. The van der Waals surface area contributed by atoms with Gasteiger partial charge in [-0.15, -0.1) is 0 Å². The number of likely N-dealkylation sites (tertiary alicyclic amines) is 1. The zero-order valence-electron chi connectivity index (χ0n) is 11.8. The van der Waals surface area contributed by atoms with Crippen LogP contribution < -0.4 is 10.1 Å². The first kappa shape index (κ1) is 14.5. The van der Waals surface area contributed by atoms with E-state index in [9.17, 15) is 0 Å². The van der Waals surface area contributed by atoms with Crippen molar-refractivity contribution in [3.8, 4) is 5.75 Å². The van der Waals surface area contributed by atoms with E-state index in [-0.39, 0.29) is 0 Å². The van der Waals surface area contributed by atoms with Gasteiger partial charge in [0.05, 0.1) is 17.8 Å². The van der Waals surface area contributed by atoms with Gasteiger partial charge in [-0.25, -0.2) is 0 Å². The maximum Gasteiger partial charge on any atom is 0.121 e. The smallest absolute Gasteiger partial charge is 0.121 e. The Morgan fingerprint density at radius 1 is 1.42 bits per heavy atom. The molecule has 4 heteroatoms. The molecule has 3 nitrogen and oxygen atoms in total. The van der Waals surface area contributed by atoms with Crippen LogP contribution in [0.1, 0.15) is 25.7 Å². The van der Waals surface area contributed by atoms with Crippen LogP contribution in [0.3, 0.4) is 0 Å². The summed E-state index contributed by atoms with van der Waals surface area (Å²) in [6.07, 6.45) is 5.16. The molecule has 1 aromatic rings. The molecule has 106 valence electrons. The molecule has 19 heavy (non-hydrogen) atoms. The molecule has 1 atom stereocenters. The molecule has 0 saturated carbocycles. The summed E-state index contributed by atoms with van der Waals surface area (Å²) in [5, 5.41) is 4.16. The number of halogens is 1. The molecule has 1 unspecified atom stereocenters. The van der Waals surface area contributed by atoms with Crippen molar-refractivity contribution in [1.29, 1.82) is 0 Å². The molecule has 1 saturated heterocycles. The molecular formula is C15H23ClN2O. The van der Waals surface area contributed by atoms with E-state index in [0.717, 1.165) is 29.4 Å². The molecule has 0 spiro atoms. The van der Waals surface area contributed by atoms with Crippen LogP contribution in [0.5, 0.6) is 5.75 Å². The van der Waals surface area contributed by atoms with Gasteiger partial charge in [-0.1, -0.05) is 18.0 Å². The third kappa shape index (κ3) is 4.02. The lowest BCUT2D eigenvalue weighted by Gasteiger charge is -2.32. The van der Waals surface area contributed by atoms with Gasteiger partial charge in [0.2, 0.25) is 0 Å². The van der Waals surface area contributed by atoms with Gasteiger partial charge in [0.1, 0.15) is 5.75 Å². The second-order valence-electron chi connectivity index (χ2n) is 5.19. The summed E-state index contributed by atoms with van der Waals surface area (Å²) in [5.41, 5.74) is 0.958. The van der Waals surface area contributed by atoms with Crippen LogP contribution in [-0.4, -0.2) is 38.2 Å². The number of hydrogen-bond acceptors (Lipinski definition) is 3. The van der Waals surface area contributed by atoms with Crippen molar-refractivity contribution in [3.05, 3.63) is 23.2 Å². The molecule has 1 aromatic carbocycles. The zero-order chi connectivity index (χ0) is 13.7. The molecule has 1 heterocycles. The number of rotatable bonds is 5. The highest BCUT2D eigenvalue weighted by atomic mass is 35.5. The first-order chi connectivity index (χ1) is 9.20. The van der Waals surface area contributed by atoms with Crippen molar-refractivity contribution in [2.75, 3.05) is 32.6 Å². The van der Waals surface area contributed by atoms with E-state index in [2.05, 4.69) is 17.3 Å². The number of ether oxygens (including phenoxy) is 1. The third-order valence-electron chi connectivity index (χ3n) is 3.89. The average molecular weight is 283 g/mol. The average Bonchev–Trinajstić information content (AvgIpc) is 2.43. The van der Waals surface area contributed by atoms with E-state index in [0.29, 0.717) is 6.04 Å². The fourth-order valence-corrected chi connectivity index (χ4v) is 2.83. The van der Waals surface area contributed by atoms with E-state index in [1.54, 1.807) is 7.11 Å². The molecule has 1 N–H and O–H groups in total. The fourth-order valence-electron chi connectivity index (χ4n) is 2.65. The molecule has 0 aromatic heterocycles. The standard InChI is InChI=1S/C15H23ClN2O/c1-18-10-4-3-5-12(18)8-9-17-15-11-13(19-2)6-7-14(15)16/h6-7,11-12,17H,3-5,8-10H2,1-2H3. The van der Waals surface area contributed by atoms with Gasteiger partial charge in [-0.3, -0.25) is 0 Å². The van der Waals surface area contributed by atoms with Crippen molar-refractivity contribution in [2.24, 2.45) is 0 Å². The van der Waals surface area contributed by atoms with Crippen LogP contribution in [-0.2, 0) is 0 Å². The molecule has 1 aliphatic rings. The first-order valence-electron chi connectivity index (χ1n) is 6.98. The number of benzene rings is 1. The maximum absolute atomic E-state index is 6.17. The SMILES string of the molecule is COc1ccc(Cl)c(NCCC2CCCCN2C)c1. The molecular weight excluding hydrogens is 260 g/mol. The van der Waals surface area contributed by atoms with E-state index in [1.807, 2.05) is 18.2 Å². The molecule has 0 aliphatic carbocycles.